The second kappa shape index (κ2) is 19.9. The third-order valence-corrected chi connectivity index (χ3v) is 10.3. The van der Waals surface area contributed by atoms with Crippen molar-refractivity contribution in [2.24, 2.45) is 11.8 Å². The predicted molar refractivity (Wildman–Crippen MR) is 222 cm³/mol. The van der Waals surface area contributed by atoms with Gasteiger partial charge >= 0.3 is 0 Å². The van der Waals surface area contributed by atoms with E-state index in [0.29, 0.717) is 11.3 Å². The van der Waals surface area contributed by atoms with Crippen LogP contribution in [0.3, 0.4) is 0 Å². The normalized spacial score (nSPS) is 21.5. The third kappa shape index (κ3) is 11.8. The molecule has 0 aliphatic carbocycles. The molecule has 0 unspecified atom stereocenters. The molecule has 1 aliphatic rings. The van der Waals surface area contributed by atoms with Crippen LogP contribution in [0.2, 0.25) is 0 Å². The summed E-state index contributed by atoms with van der Waals surface area (Å²) in [5, 5.41) is 25.2. The van der Waals surface area contributed by atoms with Gasteiger partial charge in [-0.25, -0.2) is 0 Å². The summed E-state index contributed by atoms with van der Waals surface area (Å²) in [7, 11) is 1.54. The van der Waals surface area contributed by atoms with E-state index >= 15 is 0 Å². The van der Waals surface area contributed by atoms with E-state index in [9.17, 15) is 33.9 Å². The summed E-state index contributed by atoms with van der Waals surface area (Å²) in [5.74, 6) is -3.59. The number of amides is 6. The summed E-state index contributed by atoms with van der Waals surface area (Å²) in [4.78, 5) is 88.9. The molecular formula is C44H55N7O8. The van der Waals surface area contributed by atoms with Crippen LogP contribution in [-0.4, -0.2) is 101 Å². The SMILES string of the molecule is COc1ccc(C[C@@H]2NC(=O)[C@H](CC(C)C)NC(=O)[C@@H](Cc3c[nH]c4ccccc34)NC(=O)CN(C(=O)c3cccc(O)c3)C[C@H](C(C)C)NC(=O)[C@@H](C)NC2=O)cc1. The minimum atomic E-state index is -1.21. The molecule has 15 heteroatoms. The zero-order valence-electron chi connectivity index (χ0n) is 34.3. The number of aromatic hydroxyl groups is 1. The molecule has 4 aromatic rings. The molecule has 5 rings (SSSR count). The van der Waals surface area contributed by atoms with Crippen molar-refractivity contribution < 1.29 is 38.6 Å². The molecule has 0 bridgehead atoms. The molecule has 2 heterocycles. The number of benzene rings is 3. The maximum atomic E-state index is 14.4. The summed E-state index contributed by atoms with van der Waals surface area (Å²) >= 11 is 0. The second-order valence-corrected chi connectivity index (χ2v) is 15.8. The number of carbonyl (C=O) groups is 6. The van der Waals surface area contributed by atoms with Gasteiger partial charge in [0.15, 0.2) is 0 Å². The number of ether oxygens (including phenoxy) is 1. The number of phenols is 1. The summed E-state index contributed by atoms with van der Waals surface area (Å²) in [5.41, 5.74) is 2.36. The zero-order chi connectivity index (χ0) is 42.8. The van der Waals surface area contributed by atoms with Crippen molar-refractivity contribution in [1.82, 2.24) is 36.5 Å². The number of fused-ring (bicyclic) bond motifs is 1. The number of methoxy groups -OCH3 is 1. The summed E-state index contributed by atoms with van der Waals surface area (Å²) in [6.45, 7) is 8.33. The lowest BCUT2D eigenvalue weighted by molar-refractivity contribution is -0.135. The number of hydrogen-bond acceptors (Lipinski definition) is 8. The maximum Gasteiger partial charge on any atom is 0.254 e. The Morgan fingerprint density at radius 2 is 1.44 bits per heavy atom. The van der Waals surface area contributed by atoms with E-state index in [1.807, 2.05) is 52.0 Å². The smallest absolute Gasteiger partial charge is 0.254 e. The van der Waals surface area contributed by atoms with E-state index in [1.54, 1.807) is 30.5 Å². The quantitative estimate of drug-likeness (QED) is 0.133. The van der Waals surface area contributed by atoms with Gasteiger partial charge in [-0.2, -0.15) is 0 Å². The van der Waals surface area contributed by atoms with Crippen molar-refractivity contribution in [1.29, 1.82) is 0 Å². The molecule has 6 amide bonds. The number of aromatic amines is 1. The molecule has 1 fully saturated rings. The first-order chi connectivity index (χ1) is 28.1. The fourth-order valence-electron chi connectivity index (χ4n) is 6.99. The van der Waals surface area contributed by atoms with Crippen LogP contribution < -0.4 is 31.3 Å². The molecule has 59 heavy (non-hydrogen) atoms. The molecule has 1 aliphatic heterocycles. The third-order valence-electron chi connectivity index (χ3n) is 10.3. The van der Waals surface area contributed by atoms with E-state index in [4.69, 9.17) is 4.74 Å². The monoisotopic (exact) mass is 809 g/mol. The Morgan fingerprint density at radius 1 is 0.780 bits per heavy atom. The number of para-hydroxylation sites is 1. The van der Waals surface area contributed by atoms with Crippen molar-refractivity contribution in [2.45, 2.75) is 84.1 Å². The van der Waals surface area contributed by atoms with Gasteiger partial charge in [0.25, 0.3) is 5.91 Å². The lowest BCUT2D eigenvalue weighted by atomic mass is 9.99. The molecule has 0 saturated carbocycles. The van der Waals surface area contributed by atoms with Crippen LogP contribution in [0.1, 0.15) is 62.5 Å². The summed E-state index contributed by atoms with van der Waals surface area (Å²) < 4.78 is 5.28. The lowest BCUT2D eigenvalue weighted by Gasteiger charge is -2.32. The largest absolute Gasteiger partial charge is 0.508 e. The van der Waals surface area contributed by atoms with Crippen molar-refractivity contribution >= 4 is 46.3 Å². The van der Waals surface area contributed by atoms with E-state index in [0.717, 1.165) is 16.5 Å². The van der Waals surface area contributed by atoms with Crippen LogP contribution >= 0.6 is 0 Å². The molecule has 3 aromatic carbocycles. The highest BCUT2D eigenvalue weighted by molar-refractivity contribution is 5.99. The number of rotatable bonds is 9. The zero-order valence-corrected chi connectivity index (χ0v) is 34.3. The number of nitrogens with zero attached hydrogens (tertiary/aromatic N) is 1. The Bertz CT molecular complexity index is 2130. The Balaban J connectivity index is 1.55. The first-order valence-corrected chi connectivity index (χ1v) is 19.9. The molecule has 15 nitrogen and oxygen atoms in total. The minimum Gasteiger partial charge on any atom is -0.508 e. The van der Waals surface area contributed by atoms with Gasteiger partial charge in [-0.1, -0.05) is 64.1 Å². The molecule has 0 radical (unpaired) electrons. The van der Waals surface area contributed by atoms with Gasteiger partial charge in [0.2, 0.25) is 29.5 Å². The van der Waals surface area contributed by atoms with Gasteiger partial charge in [-0.3, -0.25) is 28.8 Å². The molecule has 7 N–H and O–H groups in total. The lowest BCUT2D eigenvalue weighted by Crippen LogP contribution is -2.60. The van der Waals surface area contributed by atoms with Gasteiger partial charge in [0, 0.05) is 48.1 Å². The van der Waals surface area contributed by atoms with E-state index in [-0.39, 0.29) is 49.0 Å². The topological polar surface area (TPSA) is 211 Å². The Kier molecular flexibility index (Phi) is 14.7. The Morgan fingerprint density at radius 3 is 2.12 bits per heavy atom. The summed E-state index contributed by atoms with van der Waals surface area (Å²) in [6, 6.07) is 14.9. The molecule has 5 atom stereocenters. The number of carbonyl (C=O) groups excluding carboxylic acids is 6. The van der Waals surface area contributed by atoms with Crippen LogP contribution in [0.4, 0.5) is 0 Å². The molecule has 1 aromatic heterocycles. The van der Waals surface area contributed by atoms with Gasteiger partial charge in [-0.05, 0) is 72.7 Å². The number of aromatic nitrogens is 1. The van der Waals surface area contributed by atoms with Gasteiger partial charge < -0.3 is 46.3 Å². The van der Waals surface area contributed by atoms with Gasteiger partial charge in [0.1, 0.15) is 35.7 Å². The van der Waals surface area contributed by atoms with Gasteiger partial charge in [-0.15, -0.1) is 0 Å². The average molecular weight is 810 g/mol. The van der Waals surface area contributed by atoms with Crippen LogP contribution in [0.5, 0.6) is 11.5 Å². The first-order valence-electron chi connectivity index (χ1n) is 19.9. The van der Waals surface area contributed by atoms with Crippen LogP contribution in [0.25, 0.3) is 10.9 Å². The van der Waals surface area contributed by atoms with Gasteiger partial charge in [0.05, 0.1) is 13.7 Å². The minimum absolute atomic E-state index is 0.0309. The van der Waals surface area contributed by atoms with Crippen LogP contribution in [0, 0.1) is 11.8 Å². The molecular weight excluding hydrogens is 755 g/mol. The number of nitrogens with one attached hydrogen (secondary N) is 6. The highest BCUT2D eigenvalue weighted by atomic mass is 16.5. The van der Waals surface area contributed by atoms with E-state index in [2.05, 4.69) is 31.6 Å². The van der Waals surface area contributed by atoms with E-state index < -0.39 is 72.2 Å². The molecule has 0 spiro atoms. The van der Waals surface area contributed by atoms with E-state index in [1.165, 1.54) is 43.2 Å². The first kappa shape index (κ1) is 43.7. The van der Waals surface area contributed by atoms with Crippen molar-refractivity contribution in [2.75, 3.05) is 20.2 Å². The fraction of sp³-hybridized carbons (Fsp3) is 0.409. The highest BCUT2D eigenvalue weighted by Gasteiger charge is 2.34. The Hall–Kier alpha value is -6.38. The average Bonchev–Trinajstić information content (AvgIpc) is 3.61. The van der Waals surface area contributed by atoms with Crippen LogP contribution in [-0.2, 0) is 36.8 Å². The standard InChI is InChI=1S/C44H55N7O8/c1-25(2)18-35-42(56)49-36(19-28-14-16-32(59-6)17-15-28)41(55)46-27(5)40(54)50-38(26(3)4)23-51(44(58)29-10-9-11-31(52)20-29)24-39(53)47-37(43(57)48-35)21-30-22-45-34-13-8-7-12-33(30)34/h7-17,20,22,25-27,35-38,45,52H,18-19,21,23-24H2,1-6H3,(H,46,55)(H,47,53)(H,48,57)(H,49,56)(H,50,54)/t27-,35+,36+,37-,38-/m1/s1. The highest BCUT2D eigenvalue weighted by Crippen LogP contribution is 2.21. The second-order valence-electron chi connectivity index (χ2n) is 15.8. The van der Waals surface area contributed by atoms with Crippen molar-refractivity contribution in [3.8, 4) is 11.5 Å². The molecule has 1 saturated heterocycles. The van der Waals surface area contributed by atoms with Crippen molar-refractivity contribution in [3.05, 3.63) is 95.7 Å². The molecule has 314 valence electrons. The van der Waals surface area contributed by atoms with Crippen molar-refractivity contribution in [3.63, 3.8) is 0 Å². The number of phenolic OH excluding ortho intramolecular Hbond substituents is 1. The number of H-pyrrole nitrogens is 1. The fourth-order valence-corrected chi connectivity index (χ4v) is 6.99. The Labute approximate surface area is 344 Å². The maximum absolute atomic E-state index is 14.4. The van der Waals surface area contributed by atoms with Crippen LogP contribution in [0.15, 0.2) is 79.0 Å². The predicted octanol–water partition coefficient (Wildman–Crippen LogP) is 2.97. The number of hydrogen-bond donors (Lipinski definition) is 7. The summed E-state index contributed by atoms with van der Waals surface area (Å²) in [6.07, 6.45) is 2.04.